The number of piperazine rings is 1. The molecule has 0 aromatic rings. The Kier molecular flexibility index (Phi) is 12.6. The summed E-state index contributed by atoms with van der Waals surface area (Å²) < 4.78 is 23.5. The van der Waals surface area contributed by atoms with Crippen LogP contribution in [0, 0.1) is 11.8 Å². The first kappa shape index (κ1) is 38.0. The fraction of sp³-hybridized carbons (Fsp3) is 0.750. The van der Waals surface area contributed by atoms with Crippen LogP contribution in [0.1, 0.15) is 87.0 Å². The summed E-state index contributed by atoms with van der Waals surface area (Å²) in [6, 6.07) is 0.273. The van der Waals surface area contributed by atoms with Gasteiger partial charge in [-0.05, 0) is 58.1 Å². The maximum atomic E-state index is 13.4. The van der Waals surface area contributed by atoms with Gasteiger partial charge in [-0.3, -0.25) is 9.59 Å². The Bertz CT molecular complexity index is 1250. The van der Waals surface area contributed by atoms with Gasteiger partial charge >= 0.3 is 18.0 Å². The molecule has 12 atom stereocenters. The van der Waals surface area contributed by atoms with Crippen LogP contribution in [0.15, 0.2) is 36.0 Å². The van der Waals surface area contributed by atoms with E-state index in [0.717, 1.165) is 6.42 Å². The summed E-state index contributed by atoms with van der Waals surface area (Å²) in [6.45, 7) is 13.4. The van der Waals surface area contributed by atoms with Gasteiger partial charge in [-0.25, -0.2) is 4.79 Å². The van der Waals surface area contributed by atoms with Crippen LogP contribution in [-0.4, -0.2) is 111 Å². The maximum Gasteiger partial charge on any atom is 0.410 e. The number of nitrogens with zero attached hydrogens (tertiary/aromatic N) is 1. The second kappa shape index (κ2) is 15.8. The van der Waals surface area contributed by atoms with Gasteiger partial charge in [0.15, 0.2) is 6.10 Å². The van der Waals surface area contributed by atoms with Gasteiger partial charge in [0.25, 0.3) is 0 Å². The molecule has 0 spiro atoms. The topological polar surface area (TPSA) is 167 Å². The zero-order chi connectivity index (χ0) is 35.4. The van der Waals surface area contributed by atoms with E-state index in [-0.39, 0.29) is 49.5 Å². The van der Waals surface area contributed by atoms with E-state index in [2.05, 4.69) is 5.32 Å². The molecule has 12 heteroatoms. The van der Waals surface area contributed by atoms with E-state index in [4.69, 9.17) is 18.9 Å². The number of carbonyl (C=O) groups is 3. The van der Waals surface area contributed by atoms with Gasteiger partial charge in [0.1, 0.15) is 11.7 Å². The van der Waals surface area contributed by atoms with Gasteiger partial charge in [0, 0.05) is 50.4 Å². The molecule has 0 saturated carbocycles. The number of likely N-dealkylation sites (tertiary alicyclic amines) is 1. The number of hydrogen-bond donors (Lipinski definition) is 4. The Morgan fingerprint density at radius 2 is 2.02 bits per heavy atom. The third-order valence-electron chi connectivity index (χ3n) is 10.2. The van der Waals surface area contributed by atoms with Gasteiger partial charge in [0.2, 0.25) is 0 Å². The molecular formula is C36H56N2O10. The number of esters is 2. The van der Waals surface area contributed by atoms with E-state index in [1.54, 1.807) is 49.1 Å². The van der Waals surface area contributed by atoms with Gasteiger partial charge in [-0.15, -0.1) is 0 Å². The molecule has 0 aromatic carbocycles. The molecule has 4 heterocycles. The number of hydrogen-bond acceptors (Lipinski definition) is 11. The lowest BCUT2D eigenvalue weighted by Gasteiger charge is -2.37. The van der Waals surface area contributed by atoms with E-state index in [1.165, 1.54) is 6.92 Å². The Balaban J connectivity index is 1.52. The van der Waals surface area contributed by atoms with Crippen LogP contribution in [0.2, 0.25) is 0 Å². The molecule has 4 N–H and O–H groups in total. The fourth-order valence-electron chi connectivity index (χ4n) is 7.19. The lowest BCUT2D eigenvalue weighted by molar-refractivity contribution is -0.168. The lowest BCUT2D eigenvalue weighted by atomic mass is 9.88. The number of aliphatic hydroxyl groups is 3. The van der Waals surface area contributed by atoms with E-state index in [9.17, 15) is 29.7 Å². The highest BCUT2D eigenvalue weighted by Gasteiger charge is 2.48. The number of nitrogens with one attached hydrogen (secondary N) is 1. The van der Waals surface area contributed by atoms with Crippen LogP contribution in [0.4, 0.5) is 4.79 Å². The molecule has 4 rings (SSSR count). The van der Waals surface area contributed by atoms with Crippen molar-refractivity contribution in [3.8, 4) is 0 Å². The average molecular weight is 677 g/mol. The van der Waals surface area contributed by atoms with Crippen LogP contribution in [0.5, 0.6) is 0 Å². The molecule has 2 bridgehead atoms. The molecule has 270 valence electrons. The Morgan fingerprint density at radius 3 is 2.65 bits per heavy atom. The highest BCUT2D eigenvalue weighted by atomic mass is 16.6. The number of allylic oxidation sites excluding steroid dienone is 2. The quantitative estimate of drug-likeness (QED) is 0.0881. The predicted octanol–water partition coefficient (Wildman–Crippen LogP) is 3.33. The second-order valence-electron chi connectivity index (χ2n) is 14.7. The number of amides is 1. The molecule has 12 nitrogen and oxygen atoms in total. The van der Waals surface area contributed by atoms with E-state index < -0.39 is 59.6 Å². The van der Waals surface area contributed by atoms with E-state index in [0.29, 0.717) is 31.5 Å². The molecule has 0 aliphatic carbocycles. The number of rotatable bonds is 10. The summed E-state index contributed by atoms with van der Waals surface area (Å²) in [6.07, 6.45) is 6.52. The van der Waals surface area contributed by atoms with Crippen molar-refractivity contribution >= 4 is 18.0 Å². The molecule has 48 heavy (non-hydrogen) atoms. The number of epoxide rings is 1. The van der Waals surface area contributed by atoms with Crippen molar-refractivity contribution in [2.75, 3.05) is 13.1 Å². The SMILES string of the molecule is CC[C@H](O)[C@@H](C)[C@H]1O[C@@H]1C[C@@](C)(O)/C=C/C=C(\C)[C@H]1OC(=O)C[C@H](O)CC[C@@](C)(OC(C)=O)[C@@H](OC(=O)N2C[C@@H]3C[C@H]2CN3)/C=C/[C@@H]1C. The third kappa shape index (κ3) is 9.90. The van der Waals surface area contributed by atoms with E-state index in [1.807, 2.05) is 27.7 Å². The summed E-state index contributed by atoms with van der Waals surface area (Å²) in [5.74, 6) is -1.56. The van der Waals surface area contributed by atoms with Gasteiger partial charge < -0.3 is 44.5 Å². The van der Waals surface area contributed by atoms with Crippen molar-refractivity contribution in [1.82, 2.24) is 10.2 Å². The van der Waals surface area contributed by atoms with E-state index >= 15 is 0 Å². The molecule has 0 radical (unpaired) electrons. The second-order valence-corrected chi connectivity index (χ2v) is 14.7. The van der Waals surface area contributed by atoms with Gasteiger partial charge in [-0.2, -0.15) is 0 Å². The average Bonchev–Trinajstić information content (AvgIpc) is 3.40. The molecule has 0 unspecified atom stereocenters. The van der Waals surface area contributed by atoms with Crippen molar-refractivity contribution in [1.29, 1.82) is 0 Å². The third-order valence-corrected chi connectivity index (χ3v) is 10.2. The summed E-state index contributed by atoms with van der Waals surface area (Å²) in [5, 5.41) is 35.3. The van der Waals surface area contributed by atoms with Crippen LogP contribution in [0.3, 0.4) is 0 Å². The first-order valence-electron chi connectivity index (χ1n) is 17.4. The zero-order valence-corrected chi connectivity index (χ0v) is 29.5. The van der Waals surface area contributed by atoms with Crippen molar-refractivity contribution in [2.24, 2.45) is 11.8 Å². The minimum atomic E-state index is -1.30. The molecule has 4 aliphatic rings. The molecule has 3 saturated heterocycles. The van der Waals surface area contributed by atoms with Crippen molar-refractivity contribution in [2.45, 2.75) is 147 Å². The van der Waals surface area contributed by atoms with Crippen LogP contribution < -0.4 is 5.32 Å². The minimum Gasteiger partial charge on any atom is -0.457 e. The smallest absolute Gasteiger partial charge is 0.410 e. The number of carbonyl (C=O) groups excluding carboxylic acids is 3. The highest BCUT2D eigenvalue weighted by molar-refractivity contribution is 5.71. The fourth-order valence-corrected chi connectivity index (χ4v) is 7.19. The first-order chi connectivity index (χ1) is 22.5. The van der Waals surface area contributed by atoms with Crippen LogP contribution in [0.25, 0.3) is 0 Å². The van der Waals surface area contributed by atoms with Gasteiger partial charge in [0.05, 0.1) is 36.4 Å². The minimum absolute atomic E-state index is 0.0200. The van der Waals surface area contributed by atoms with Crippen LogP contribution in [-0.2, 0) is 28.5 Å². The molecule has 4 aliphatic heterocycles. The Hall–Kier alpha value is -2.77. The number of aliphatic hydroxyl groups excluding tert-OH is 2. The Morgan fingerprint density at radius 1 is 1.29 bits per heavy atom. The molecular weight excluding hydrogens is 620 g/mol. The summed E-state index contributed by atoms with van der Waals surface area (Å²) in [4.78, 5) is 40.3. The van der Waals surface area contributed by atoms with Crippen molar-refractivity contribution < 1.29 is 48.7 Å². The number of cyclic esters (lactones) is 1. The Labute approximate surface area is 284 Å². The first-order valence-corrected chi connectivity index (χ1v) is 17.4. The predicted molar refractivity (Wildman–Crippen MR) is 178 cm³/mol. The maximum absolute atomic E-state index is 13.4. The standard InChI is InChI=1S/C36H56N2O10/c1-8-28(41)23(4)33-29(45-33)18-35(6,44)14-9-10-21(2)32-22(3)11-12-30(46-34(43)38-20-25-16-26(38)19-37-25)36(7,48-24(5)39)15-13-27(40)17-31(42)47-32/h9-12,14,22-23,25-30,32-33,37,40-41,44H,8,13,15-20H2,1-7H3/b12-11+,14-9+,21-10+/t22-,23+,25-,26-,27+,28-,29+,30-,32+,33+,35-,36+/m0/s1. The lowest BCUT2D eigenvalue weighted by Crippen LogP contribution is -2.51. The summed E-state index contributed by atoms with van der Waals surface area (Å²) in [5.41, 5.74) is -1.78. The van der Waals surface area contributed by atoms with Crippen LogP contribution >= 0.6 is 0 Å². The molecule has 1 amide bonds. The van der Waals surface area contributed by atoms with Gasteiger partial charge in [-0.1, -0.05) is 45.1 Å². The number of fused-ring (bicyclic) bond motifs is 2. The largest absolute Gasteiger partial charge is 0.457 e. The molecule has 3 fully saturated rings. The number of ether oxygens (including phenoxy) is 4. The van der Waals surface area contributed by atoms with Crippen molar-refractivity contribution in [3.63, 3.8) is 0 Å². The molecule has 0 aromatic heterocycles. The van der Waals surface area contributed by atoms with Crippen molar-refractivity contribution in [3.05, 3.63) is 36.0 Å². The highest BCUT2D eigenvalue weighted by Crippen LogP contribution is 2.38. The summed E-state index contributed by atoms with van der Waals surface area (Å²) in [7, 11) is 0. The monoisotopic (exact) mass is 676 g/mol. The zero-order valence-electron chi connectivity index (χ0n) is 29.5. The normalized spacial score (nSPS) is 37.5. The summed E-state index contributed by atoms with van der Waals surface area (Å²) >= 11 is 0.